The highest BCUT2D eigenvalue weighted by atomic mass is 16.5. The van der Waals surface area contributed by atoms with Crippen molar-refractivity contribution in [3.8, 4) is 5.75 Å². The Morgan fingerprint density at radius 1 is 1.42 bits per heavy atom. The first-order valence-corrected chi connectivity index (χ1v) is 6.35. The van der Waals surface area contributed by atoms with Crippen LogP contribution in [0.4, 0.5) is 0 Å². The fourth-order valence-electron chi connectivity index (χ4n) is 1.96. The predicted molar refractivity (Wildman–Crippen MR) is 72.1 cm³/mol. The first-order valence-electron chi connectivity index (χ1n) is 6.35. The minimum atomic E-state index is -0.548. The molecule has 1 aromatic heterocycles. The molecule has 1 N–H and O–H groups in total. The van der Waals surface area contributed by atoms with E-state index in [1.165, 1.54) is 5.56 Å². The molecule has 0 saturated heterocycles. The number of rotatable bonds is 5. The molecule has 1 atom stereocenters. The van der Waals surface area contributed by atoms with E-state index in [1.54, 1.807) is 18.0 Å². The molecule has 0 aliphatic carbocycles. The summed E-state index contributed by atoms with van der Waals surface area (Å²) < 4.78 is 7.05. The standard InChI is InChI=1S/C14H19N3O2/c1-4-13(18)12-9-17(16-15-12)8-11-7-10(2)5-6-14(11)19-3/h5-7,9,13,18H,4,8H2,1-3H3. The summed E-state index contributed by atoms with van der Waals surface area (Å²) >= 11 is 0. The van der Waals surface area contributed by atoms with Crippen LogP contribution < -0.4 is 4.74 Å². The number of nitrogens with zero attached hydrogens (tertiary/aromatic N) is 3. The zero-order chi connectivity index (χ0) is 13.8. The Kier molecular flexibility index (Phi) is 4.16. The van der Waals surface area contributed by atoms with Gasteiger partial charge >= 0.3 is 0 Å². The zero-order valence-corrected chi connectivity index (χ0v) is 11.5. The summed E-state index contributed by atoms with van der Waals surface area (Å²) in [5.41, 5.74) is 2.82. The van der Waals surface area contributed by atoms with E-state index in [2.05, 4.69) is 16.4 Å². The van der Waals surface area contributed by atoms with Crippen LogP contribution in [0.5, 0.6) is 5.75 Å². The molecule has 1 unspecified atom stereocenters. The summed E-state index contributed by atoms with van der Waals surface area (Å²) in [6.45, 7) is 4.53. The summed E-state index contributed by atoms with van der Waals surface area (Å²) in [5.74, 6) is 0.832. The molecular formula is C14H19N3O2. The van der Waals surface area contributed by atoms with Gasteiger partial charge in [0.25, 0.3) is 0 Å². The minimum absolute atomic E-state index is 0.548. The van der Waals surface area contributed by atoms with Crippen molar-refractivity contribution >= 4 is 0 Å². The Labute approximate surface area is 112 Å². The van der Waals surface area contributed by atoms with E-state index in [4.69, 9.17) is 4.74 Å². The number of aliphatic hydroxyl groups is 1. The van der Waals surface area contributed by atoms with E-state index >= 15 is 0 Å². The molecule has 19 heavy (non-hydrogen) atoms. The molecule has 5 heteroatoms. The molecule has 0 amide bonds. The van der Waals surface area contributed by atoms with Crippen LogP contribution in [-0.4, -0.2) is 27.2 Å². The van der Waals surface area contributed by atoms with Crippen molar-refractivity contribution < 1.29 is 9.84 Å². The van der Waals surface area contributed by atoms with Crippen molar-refractivity contribution in [1.29, 1.82) is 0 Å². The lowest BCUT2D eigenvalue weighted by atomic mass is 10.1. The van der Waals surface area contributed by atoms with Gasteiger partial charge in [-0.15, -0.1) is 5.10 Å². The van der Waals surface area contributed by atoms with Crippen LogP contribution in [0.1, 0.15) is 36.3 Å². The second-order valence-electron chi connectivity index (χ2n) is 4.58. The third-order valence-electron chi connectivity index (χ3n) is 3.05. The third kappa shape index (κ3) is 3.12. The van der Waals surface area contributed by atoms with Crippen molar-refractivity contribution in [2.45, 2.75) is 32.9 Å². The lowest BCUT2D eigenvalue weighted by molar-refractivity contribution is 0.168. The highest BCUT2D eigenvalue weighted by Crippen LogP contribution is 2.21. The van der Waals surface area contributed by atoms with Gasteiger partial charge in [-0.1, -0.05) is 29.8 Å². The fraction of sp³-hybridized carbons (Fsp3) is 0.429. The van der Waals surface area contributed by atoms with E-state index in [9.17, 15) is 5.11 Å². The number of aryl methyl sites for hydroxylation is 1. The molecule has 1 heterocycles. The lowest BCUT2D eigenvalue weighted by Crippen LogP contribution is -2.03. The Hall–Kier alpha value is -1.88. The van der Waals surface area contributed by atoms with Crippen LogP contribution in [0.25, 0.3) is 0 Å². The van der Waals surface area contributed by atoms with Gasteiger partial charge in [0.15, 0.2) is 0 Å². The van der Waals surface area contributed by atoms with Crippen molar-refractivity contribution in [1.82, 2.24) is 15.0 Å². The molecule has 0 saturated carbocycles. The summed E-state index contributed by atoms with van der Waals surface area (Å²) in [6.07, 6.45) is 1.86. The molecule has 0 spiro atoms. The van der Waals surface area contributed by atoms with Gasteiger partial charge in [0.2, 0.25) is 0 Å². The van der Waals surface area contributed by atoms with Gasteiger partial charge in [-0.3, -0.25) is 0 Å². The van der Waals surface area contributed by atoms with Crippen molar-refractivity contribution in [3.05, 3.63) is 41.2 Å². The molecule has 2 aromatic rings. The molecule has 0 aliphatic heterocycles. The number of hydrogen-bond donors (Lipinski definition) is 1. The molecule has 102 valence electrons. The summed E-state index contributed by atoms with van der Waals surface area (Å²) in [4.78, 5) is 0. The summed E-state index contributed by atoms with van der Waals surface area (Å²) in [5, 5.41) is 17.7. The van der Waals surface area contributed by atoms with Crippen LogP contribution in [0.3, 0.4) is 0 Å². The van der Waals surface area contributed by atoms with Gasteiger partial charge in [0.1, 0.15) is 11.4 Å². The van der Waals surface area contributed by atoms with Crippen molar-refractivity contribution in [2.24, 2.45) is 0 Å². The maximum Gasteiger partial charge on any atom is 0.123 e. The fourth-order valence-corrected chi connectivity index (χ4v) is 1.96. The molecule has 0 fully saturated rings. The average molecular weight is 261 g/mol. The van der Waals surface area contributed by atoms with E-state index in [0.717, 1.165) is 11.3 Å². The first kappa shape index (κ1) is 13.5. The van der Waals surface area contributed by atoms with Crippen LogP contribution in [0, 0.1) is 6.92 Å². The third-order valence-corrected chi connectivity index (χ3v) is 3.05. The number of aromatic nitrogens is 3. The van der Waals surface area contributed by atoms with Crippen LogP contribution >= 0.6 is 0 Å². The minimum Gasteiger partial charge on any atom is -0.496 e. The molecule has 0 aliphatic rings. The quantitative estimate of drug-likeness (QED) is 0.895. The largest absolute Gasteiger partial charge is 0.496 e. The highest BCUT2D eigenvalue weighted by Gasteiger charge is 2.11. The van der Waals surface area contributed by atoms with E-state index in [0.29, 0.717) is 18.7 Å². The number of benzene rings is 1. The Morgan fingerprint density at radius 3 is 2.89 bits per heavy atom. The van der Waals surface area contributed by atoms with Gasteiger partial charge in [-0.05, 0) is 19.4 Å². The molecule has 1 aromatic carbocycles. The molecule has 5 nitrogen and oxygen atoms in total. The first-order chi connectivity index (χ1) is 9.13. The second-order valence-corrected chi connectivity index (χ2v) is 4.58. The van der Waals surface area contributed by atoms with Crippen molar-refractivity contribution in [3.63, 3.8) is 0 Å². The average Bonchev–Trinajstić information content (AvgIpc) is 2.86. The Balaban J connectivity index is 2.21. The van der Waals surface area contributed by atoms with E-state index in [-0.39, 0.29) is 0 Å². The molecule has 0 radical (unpaired) electrons. The summed E-state index contributed by atoms with van der Waals surface area (Å²) in [6, 6.07) is 6.02. The predicted octanol–water partition coefficient (Wildman–Crippen LogP) is 2.09. The number of methoxy groups -OCH3 is 1. The maximum absolute atomic E-state index is 9.71. The normalized spacial score (nSPS) is 12.4. The lowest BCUT2D eigenvalue weighted by Gasteiger charge is -2.09. The molecule has 0 bridgehead atoms. The maximum atomic E-state index is 9.71. The van der Waals surface area contributed by atoms with E-state index < -0.39 is 6.10 Å². The van der Waals surface area contributed by atoms with Crippen LogP contribution in [0.2, 0.25) is 0 Å². The van der Waals surface area contributed by atoms with Crippen molar-refractivity contribution in [2.75, 3.05) is 7.11 Å². The zero-order valence-electron chi connectivity index (χ0n) is 11.5. The smallest absolute Gasteiger partial charge is 0.123 e. The molecule has 2 rings (SSSR count). The second kappa shape index (κ2) is 5.84. The monoisotopic (exact) mass is 261 g/mol. The van der Waals surface area contributed by atoms with Crippen LogP contribution in [-0.2, 0) is 6.54 Å². The van der Waals surface area contributed by atoms with Gasteiger partial charge in [-0.25, -0.2) is 4.68 Å². The number of hydrogen-bond acceptors (Lipinski definition) is 4. The van der Waals surface area contributed by atoms with Gasteiger partial charge in [0, 0.05) is 5.56 Å². The van der Waals surface area contributed by atoms with Gasteiger partial charge in [-0.2, -0.15) is 0 Å². The summed E-state index contributed by atoms with van der Waals surface area (Å²) in [7, 11) is 1.65. The van der Waals surface area contributed by atoms with Gasteiger partial charge in [0.05, 0.1) is 26.0 Å². The SMILES string of the molecule is CCC(O)c1cn(Cc2cc(C)ccc2OC)nn1. The Bertz CT molecular complexity index is 551. The topological polar surface area (TPSA) is 60.2 Å². The highest BCUT2D eigenvalue weighted by molar-refractivity contribution is 5.36. The molecular weight excluding hydrogens is 242 g/mol. The van der Waals surface area contributed by atoms with E-state index in [1.807, 2.05) is 26.0 Å². The van der Waals surface area contributed by atoms with Gasteiger partial charge < -0.3 is 9.84 Å². The number of aliphatic hydroxyl groups excluding tert-OH is 1. The van der Waals surface area contributed by atoms with Crippen LogP contribution in [0.15, 0.2) is 24.4 Å². The number of ether oxygens (including phenoxy) is 1. The Morgan fingerprint density at radius 2 is 2.21 bits per heavy atom.